The molecule has 0 amide bonds. The SMILES string of the molecule is CCNCC(C)Cc1c(C)nc(-c2ccn(C)n2)nc1C. The molecule has 2 heterocycles. The summed E-state index contributed by atoms with van der Waals surface area (Å²) < 4.78 is 1.77. The first-order valence-electron chi connectivity index (χ1n) is 7.56. The number of aromatic nitrogens is 4. The first-order valence-corrected chi connectivity index (χ1v) is 7.56. The van der Waals surface area contributed by atoms with E-state index in [0.717, 1.165) is 36.6 Å². The maximum Gasteiger partial charge on any atom is 0.180 e. The summed E-state index contributed by atoms with van der Waals surface area (Å²) in [6.45, 7) is 10.6. The molecule has 5 heteroatoms. The molecule has 114 valence electrons. The minimum Gasteiger partial charge on any atom is -0.317 e. The van der Waals surface area contributed by atoms with Crippen LogP contribution in [0.1, 0.15) is 30.8 Å². The molecule has 0 aromatic carbocycles. The first-order chi connectivity index (χ1) is 10.0. The van der Waals surface area contributed by atoms with E-state index in [2.05, 4.69) is 48.1 Å². The van der Waals surface area contributed by atoms with Crippen molar-refractivity contribution in [2.75, 3.05) is 13.1 Å². The Morgan fingerprint density at radius 2 is 1.90 bits per heavy atom. The van der Waals surface area contributed by atoms with Crippen LogP contribution in [0.25, 0.3) is 11.5 Å². The predicted octanol–water partition coefficient (Wildman–Crippen LogP) is 2.28. The van der Waals surface area contributed by atoms with Crippen molar-refractivity contribution in [1.82, 2.24) is 25.1 Å². The highest BCUT2D eigenvalue weighted by molar-refractivity contribution is 5.49. The van der Waals surface area contributed by atoms with E-state index in [1.165, 1.54) is 5.56 Å². The summed E-state index contributed by atoms with van der Waals surface area (Å²) in [5.41, 5.74) is 4.22. The number of aryl methyl sites for hydroxylation is 3. The summed E-state index contributed by atoms with van der Waals surface area (Å²) in [4.78, 5) is 9.29. The normalized spacial score (nSPS) is 12.6. The third-order valence-electron chi connectivity index (χ3n) is 3.66. The highest BCUT2D eigenvalue weighted by atomic mass is 15.3. The average Bonchev–Trinajstić information content (AvgIpc) is 2.87. The molecular weight excluding hydrogens is 262 g/mol. The number of rotatable bonds is 6. The van der Waals surface area contributed by atoms with Gasteiger partial charge in [-0.15, -0.1) is 0 Å². The van der Waals surface area contributed by atoms with Gasteiger partial charge in [0, 0.05) is 24.6 Å². The fourth-order valence-corrected chi connectivity index (χ4v) is 2.50. The average molecular weight is 287 g/mol. The predicted molar refractivity (Wildman–Crippen MR) is 85.1 cm³/mol. The van der Waals surface area contributed by atoms with Crippen LogP contribution < -0.4 is 5.32 Å². The lowest BCUT2D eigenvalue weighted by molar-refractivity contribution is 0.517. The minimum absolute atomic E-state index is 0.576. The van der Waals surface area contributed by atoms with Gasteiger partial charge in [0.15, 0.2) is 5.82 Å². The van der Waals surface area contributed by atoms with Crippen molar-refractivity contribution >= 4 is 0 Å². The topological polar surface area (TPSA) is 55.6 Å². The van der Waals surface area contributed by atoms with E-state index in [1.807, 2.05) is 19.3 Å². The van der Waals surface area contributed by atoms with Crippen LogP contribution in [0.2, 0.25) is 0 Å². The van der Waals surface area contributed by atoms with Crippen molar-refractivity contribution in [1.29, 1.82) is 0 Å². The molecule has 0 bridgehead atoms. The molecule has 0 saturated carbocycles. The van der Waals surface area contributed by atoms with E-state index in [9.17, 15) is 0 Å². The highest BCUT2D eigenvalue weighted by Gasteiger charge is 2.14. The maximum absolute atomic E-state index is 4.64. The van der Waals surface area contributed by atoms with Crippen LogP contribution in [0.5, 0.6) is 0 Å². The Kier molecular flexibility index (Phi) is 5.07. The van der Waals surface area contributed by atoms with Crippen molar-refractivity contribution in [3.8, 4) is 11.5 Å². The lowest BCUT2D eigenvalue weighted by Gasteiger charge is -2.15. The molecule has 0 spiro atoms. The van der Waals surface area contributed by atoms with E-state index >= 15 is 0 Å². The van der Waals surface area contributed by atoms with Crippen molar-refractivity contribution in [2.24, 2.45) is 13.0 Å². The molecule has 0 radical (unpaired) electrons. The molecule has 2 aromatic heterocycles. The third kappa shape index (κ3) is 3.88. The lowest BCUT2D eigenvalue weighted by Crippen LogP contribution is -2.22. The Hall–Kier alpha value is -1.75. The van der Waals surface area contributed by atoms with Crippen LogP contribution >= 0.6 is 0 Å². The monoisotopic (exact) mass is 287 g/mol. The molecule has 0 fully saturated rings. The maximum atomic E-state index is 4.64. The van der Waals surface area contributed by atoms with Crippen LogP contribution in [0.4, 0.5) is 0 Å². The summed E-state index contributed by atoms with van der Waals surface area (Å²) >= 11 is 0. The Labute approximate surface area is 126 Å². The number of hydrogen-bond donors (Lipinski definition) is 1. The van der Waals surface area contributed by atoms with Gasteiger partial charge in [0.25, 0.3) is 0 Å². The van der Waals surface area contributed by atoms with E-state index in [-0.39, 0.29) is 0 Å². The van der Waals surface area contributed by atoms with E-state index in [4.69, 9.17) is 0 Å². The van der Waals surface area contributed by atoms with Crippen molar-refractivity contribution in [3.05, 3.63) is 29.2 Å². The summed E-state index contributed by atoms with van der Waals surface area (Å²) in [7, 11) is 1.90. The van der Waals surface area contributed by atoms with E-state index < -0.39 is 0 Å². The summed E-state index contributed by atoms with van der Waals surface area (Å²) in [6, 6.07) is 1.95. The van der Waals surface area contributed by atoms with Gasteiger partial charge in [-0.2, -0.15) is 5.10 Å². The number of hydrogen-bond acceptors (Lipinski definition) is 4. The zero-order valence-corrected chi connectivity index (χ0v) is 13.6. The molecule has 1 N–H and O–H groups in total. The molecule has 1 unspecified atom stereocenters. The highest BCUT2D eigenvalue weighted by Crippen LogP contribution is 2.19. The second-order valence-electron chi connectivity index (χ2n) is 5.69. The molecule has 5 nitrogen and oxygen atoms in total. The minimum atomic E-state index is 0.576. The third-order valence-corrected chi connectivity index (χ3v) is 3.66. The first kappa shape index (κ1) is 15.6. The molecular formula is C16H25N5. The zero-order chi connectivity index (χ0) is 15.4. The lowest BCUT2D eigenvalue weighted by atomic mass is 9.98. The summed E-state index contributed by atoms with van der Waals surface area (Å²) in [5, 5.41) is 7.77. The van der Waals surface area contributed by atoms with Crippen molar-refractivity contribution < 1.29 is 0 Å². The van der Waals surface area contributed by atoms with Crippen LogP contribution in [0, 0.1) is 19.8 Å². The Morgan fingerprint density at radius 1 is 1.24 bits per heavy atom. The fraction of sp³-hybridized carbons (Fsp3) is 0.562. The van der Waals surface area contributed by atoms with Gasteiger partial charge in [0.2, 0.25) is 0 Å². The largest absolute Gasteiger partial charge is 0.317 e. The Morgan fingerprint density at radius 3 is 2.43 bits per heavy atom. The van der Waals surface area contributed by atoms with Gasteiger partial charge in [-0.25, -0.2) is 9.97 Å². The van der Waals surface area contributed by atoms with Gasteiger partial charge in [0.05, 0.1) is 0 Å². The van der Waals surface area contributed by atoms with Crippen molar-refractivity contribution in [3.63, 3.8) is 0 Å². The van der Waals surface area contributed by atoms with Gasteiger partial charge in [-0.3, -0.25) is 4.68 Å². The second kappa shape index (κ2) is 6.80. The molecule has 21 heavy (non-hydrogen) atoms. The van der Waals surface area contributed by atoms with Gasteiger partial charge in [0.1, 0.15) is 5.69 Å². The van der Waals surface area contributed by atoms with Crippen LogP contribution in [-0.2, 0) is 13.5 Å². The van der Waals surface area contributed by atoms with Gasteiger partial charge >= 0.3 is 0 Å². The van der Waals surface area contributed by atoms with E-state index in [0.29, 0.717) is 11.7 Å². The van der Waals surface area contributed by atoms with Crippen LogP contribution in [-0.4, -0.2) is 32.8 Å². The molecule has 1 atom stereocenters. The summed E-state index contributed by atoms with van der Waals surface area (Å²) in [5.74, 6) is 1.29. The van der Waals surface area contributed by atoms with Gasteiger partial charge in [-0.05, 0) is 50.9 Å². The number of nitrogens with one attached hydrogen (secondary N) is 1. The second-order valence-corrected chi connectivity index (χ2v) is 5.69. The Bertz CT molecular complexity index is 579. The molecule has 2 rings (SSSR count). The molecule has 0 saturated heterocycles. The van der Waals surface area contributed by atoms with Gasteiger partial charge in [-0.1, -0.05) is 13.8 Å². The standard InChI is InChI=1S/C16H25N5/c1-6-17-10-11(2)9-14-12(3)18-16(19-13(14)4)15-7-8-21(5)20-15/h7-8,11,17H,6,9-10H2,1-5H3. The quantitative estimate of drug-likeness (QED) is 0.885. The van der Waals surface area contributed by atoms with E-state index in [1.54, 1.807) is 4.68 Å². The fourth-order valence-electron chi connectivity index (χ4n) is 2.50. The van der Waals surface area contributed by atoms with Crippen LogP contribution in [0.15, 0.2) is 12.3 Å². The molecule has 0 aliphatic heterocycles. The summed E-state index contributed by atoms with van der Waals surface area (Å²) in [6.07, 6.45) is 2.92. The zero-order valence-electron chi connectivity index (χ0n) is 13.6. The molecule has 0 aliphatic carbocycles. The van der Waals surface area contributed by atoms with Crippen LogP contribution in [0.3, 0.4) is 0 Å². The smallest absolute Gasteiger partial charge is 0.180 e. The Balaban J connectivity index is 2.21. The number of nitrogens with zero attached hydrogens (tertiary/aromatic N) is 4. The van der Waals surface area contributed by atoms with Crippen molar-refractivity contribution in [2.45, 2.75) is 34.1 Å². The van der Waals surface area contributed by atoms with Gasteiger partial charge < -0.3 is 5.32 Å². The molecule has 0 aliphatic rings. The molecule has 2 aromatic rings.